The zero-order chi connectivity index (χ0) is 13.1. The number of nitrogens with one attached hydrogen (secondary N) is 1. The highest BCUT2D eigenvalue weighted by atomic mass is 79.9. The first kappa shape index (κ1) is 13.6. The molecule has 1 aromatic heterocycles. The van der Waals surface area contributed by atoms with Crippen molar-refractivity contribution in [2.45, 2.75) is 26.7 Å². The van der Waals surface area contributed by atoms with Crippen LogP contribution in [0.5, 0.6) is 0 Å². The van der Waals surface area contributed by atoms with Gasteiger partial charge in [-0.15, -0.1) is 0 Å². The molecule has 0 aliphatic rings. The van der Waals surface area contributed by atoms with Crippen LogP contribution in [0.25, 0.3) is 10.9 Å². The average molecular weight is 328 g/mol. The van der Waals surface area contributed by atoms with Crippen molar-refractivity contribution in [2.24, 2.45) is 0 Å². The zero-order valence-electron chi connectivity index (χ0n) is 10.6. The Morgan fingerprint density at radius 1 is 1.33 bits per heavy atom. The van der Waals surface area contributed by atoms with E-state index in [0.717, 1.165) is 45.6 Å². The molecule has 0 unspecified atom stereocenters. The Morgan fingerprint density at radius 3 is 2.78 bits per heavy atom. The van der Waals surface area contributed by atoms with E-state index in [9.17, 15) is 0 Å². The number of anilines is 1. The van der Waals surface area contributed by atoms with Gasteiger partial charge in [0.15, 0.2) is 0 Å². The van der Waals surface area contributed by atoms with Crippen molar-refractivity contribution < 1.29 is 0 Å². The summed E-state index contributed by atoms with van der Waals surface area (Å²) in [7, 11) is 0. The highest BCUT2D eigenvalue weighted by molar-refractivity contribution is 9.10. The second kappa shape index (κ2) is 5.89. The maximum atomic E-state index is 6.25. The third-order valence-electron chi connectivity index (χ3n) is 2.82. The normalized spacial score (nSPS) is 10.9. The summed E-state index contributed by atoms with van der Waals surface area (Å²) >= 11 is 9.78. The van der Waals surface area contributed by atoms with Gasteiger partial charge in [-0.3, -0.25) is 0 Å². The molecule has 1 N–H and O–H groups in total. The first-order chi connectivity index (χ1) is 8.67. The lowest BCUT2D eigenvalue weighted by atomic mass is 10.1. The molecule has 0 fully saturated rings. The van der Waals surface area contributed by atoms with Gasteiger partial charge in [-0.2, -0.15) is 0 Å². The number of halogens is 2. The lowest BCUT2D eigenvalue weighted by Gasteiger charge is -2.12. The molecule has 1 heterocycles. The second-order valence-corrected chi connectivity index (χ2v) is 5.46. The Labute approximate surface area is 121 Å². The van der Waals surface area contributed by atoms with Gasteiger partial charge in [0.25, 0.3) is 0 Å². The van der Waals surface area contributed by atoms with Crippen LogP contribution in [0.2, 0.25) is 5.02 Å². The van der Waals surface area contributed by atoms with E-state index >= 15 is 0 Å². The highest BCUT2D eigenvalue weighted by Crippen LogP contribution is 2.32. The first-order valence-electron chi connectivity index (χ1n) is 6.18. The van der Waals surface area contributed by atoms with Gasteiger partial charge in [0.05, 0.1) is 10.5 Å². The maximum absolute atomic E-state index is 6.25. The van der Waals surface area contributed by atoms with Crippen LogP contribution in [0.15, 0.2) is 22.7 Å². The Kier molecular flexibility index (Phi) is 4.46. The van der Waals surface area contributed by atoms with E-state index in [2.05, 4.69) is 41.2 Å². The van der Waals surface area contributed by atoms with Crippen molar-refractivity contribution in [1.29, 1.82) is 0 Å². The van der Waals surface area contributed by atoms with Crippen molar-refractivity contribution in [3.63, 3.8) is 0 Å². The summed E-state index contributed by atoms with van der Waals surface area (Å²) in [6.07, 6.45) is 2.10. The first-order valence-corrected chi connectivity index (χ1v) is 7.36. The minimum Gasteiger partial charge on any atom is -0.370 e. The molecule has 2 aromatic rings. The number of fused-ring (bicyclic) bond motifs is 1. The fraction of sp³-hybridized carbons (Fsp3) is 0.357. The Morgan fingerprint density at radius 2 is 2.11 bits per heavy atom. The Balaban J connectivity index is 2.67. The van der Waals surface area contributed by atoms with E-state index in [-0.39, 0.29) is 0 Å². The predicted octanol–water partition coefficient (Wildman–Crippen LogP) is 5.04. The minimum absolute atomic E-state index is 0.751. The molecule has 0 saturated carbocycles. The summed E-state index contributed by atoms with van der Waals surface area (Å²) in [4.78, 5) is 4.70. The summed E-state index contributed by atoms with van der Waals surface area (Å²) in [6, 6.07) is 5.99. The lowest BCUT2D eigenvalue weighted by Crippen LogP contribution is -2.04. The van der Waals surface area contributed by atoms with Gasteiger partial charge < -0.3 is 5.32 Å². The number of nitrogens with zero attached hydrogens (tertiary/aromatic N) is 1. The van der Waals surface area contributed by atoms with Gasteiger partial charge in [-0.1, -0.05) is 24.9 Å². The van der Waals surface area contributed by atoms with Crippen molar-refractivity contribution in [3.05, 3.63) is 33.3 Å². The van der Waals surface area contributed by atoms with Crippen LogP contribution in [0.4, 0.5) is 5.82 Å². The minimum atomic E-state index is 0.751. The summed E-state index contributed by atoms with van der Waals surface area (Å²) in [5.74, 6) is 0.967. The molecule has 2 rings (SSSR count). The van der Waals surface area contributed by atoms with E-state index in [1.165, 1.54) is 5.56 Å². The number of hydrogen-bond donors (Lipinski definition) is 1. The average Bonchev–Trinajstić information content (AvgIpc) is 2.36. The van der Waals surface area contributed by atoms with Gasteiger partial charge >= 0.3 is 0 Å². The summed E-state index contributed by atoms with van der Waals surface area (Å²) in [5.41, 5.74) is 2.14. The van der Waals surface area contributed by atoms with Crippen LogP contribution in [-0.2, 0) is 6.42 Å². The zero-order valence-corrected chi connectivity index (χ0v) is 12.9. The number of aromatic nitrogens is 1. The van der Waals surface area contributed by atoms with Crippen LogP contribution in [0.1, 0.15) is 25.8 Å². The van der Waals surface area contributed by atoms with Crippen LogP contribution >= 0.6 is 27.5 Å². The molecule has 18 heavy (non-hydrogen) atoms. The van der Waals surface area contributed by atoms with E-state index in [0.29, 0.717) is 0 Å². The molecule has 2 nitrogen and oxygen atoms in total. The summed E-state index contributed by atoms with van der Waals surface area (Å²) < 4.78 is 0.976. The van der Waals surface area contributed by atoms with E-state index in [1.807, 2.05) is 12.1 Å². The molecule has 0 aliphatic carbocycles. The maximum Gasteiger partial charge on any atom is 0.129 e. The van der Waals surface area contributed by atoms with E-state index in [1.54, 1.807) is 0 Å². The number of hydrogen-bond acceptors (Lipinski definition) is 2. The van der Waals surface area contributed by atoms with Crippen molar-refractivity contribution >= 4 is 44.3 Å². The third-order valence-corrected chi connectivity index (χ3v) is 3.79. The third kappa shape index (κ3) is 2.62. The summed E-state index contributed by atoms with van der Waals surface area (Å²) in [5, 5.41) is 5.09. The van der Waals surface area contributed by atoms with Crippen LogP contribution < -0.4 is 5.32 Å². The number of aryl methyl sites for hydroxylation is 1. The van der Waals surface area contributed by atoms with Crippen LogP contribution in [0, 0.1) is 0 Å². The highest BCUT2D eigenvalue weighted by Gasteiger charge is 2.10. The quantitative estimate of drug-likeness (QED) is 0.851. The molecule has 1 aromatic carbocycles. The molecule has 0 atom stereocenters. The van der Waals surface area contributed by atoms with Gasteiger partial charge in [-0.25, -0.2) is 4.98 Å². The van der Waals surface area contributed by atoms with Crippen molar-refractivity contribution in [3.8, 4) is 0 Å². The number of pyridine rings is 1. The molecule has 0 aliphatic heterocycles. The van der Waals surface area contributed by atoms with Gasteiger partial charge in [0.2, 0.25) is 0 Å². The van der Waals surface area contributed by atoms with Crippen LogP contribution in [-0.4, -0.2) is 11.5 Å². The smallest absolute Gasteiger partial charge is 0.129 e. The SMILES string of the molecule is CCCc1cc2c(Cl)ccc(Br)c2nc1NCC. The molecule has 0 spiro atoms. The standard InChI is InChI=1S/C14H16BrClN2/c1-3-5-9-8-10-12(16)7-6-11(15)13(10)18-14(9)17-4-2/h6-8H,3-5H2,1-2H3,(H,17,18). The van der Waals surface area contributed by atoms with Gasteiger partial charge in [-0.05, 0) is 53.0 Å². The topological polar surface area (TPSA) is 24.9 Å². The fourth-order valence-corrected chi connectivity index (χ4v) is 2.66. The predicted molar refractivity (Wildman–Crippen MR) is 82.6 cm³/mol. The van der Waals surface area contributed by atoms with Gasteiger partial charge in [0.1, 0.15) is 5.82 Å². The molecular weight excluding hydrogens is 312 g/mol. The summed E-state index contributed by atoms with van der Waals surface area (Å²) in [6.45, 7) is 5.12. The molecular formula is C14H16BrClN2. The molecule has 0 saturated heterocycles. The van der Waals surface area contributed by atoms with E-state index in [4.69, 9.17) is 16.6 Å². The lowest BCUT2D eigenvalue weighted by molar-refractivity contribution is 0.916. The van der Waals surface area contributed by atoms with Gasteiger partial charge in [0, 0.05) is 16.4 Å². The molecule has 96 valence electrons. The largest absolute Gasteiger partial charge is 0.370 e. The number of rotatable bonds is 4. The molecule has 4 heteroatoms. The van der Waals surface area contributed by atoms with Crippen molar-refractivity contribution in [2.75, 3.05) is 11.9 Å². The fourth-order valence-electron chi connectivity index (χ4n) is 2.01. The Bertz CT molecular complexity index is 519. The van der Waals surface area contributed by atoms with E-state index < -0.39 is 0 Å². The molecule has 0 bridgehead atoms. The second-order valence-electron chi connectivity index (χ2n) is 4.20. The number of benzene rings is 1. The van der Waals surface area contributed by atoms with Crippen LogP contribution in [0.3, 0.4) is 0 Å². The molecule has 0 amide bonds. The molecule has 0 radical (unpaired) electrons. The monoisotopic (exact) mass is 326 g/mol. The Hall–Kier alpha value is -0.800. The van der Waals surface area contributed by atoms with Crippen molar-refractivity contribution in [1.82, 2.24) is 4.98 Å².